The van der Waals surface area contributed by atoms with Crippen LogP contribution in [-0.2, 0) is 14.6 Å². The molecule has 88 valence electrons. The fourth-order valence-corrected chi connectivity index (χ4v) is 2.60. The first-order valence-electron chi connectivity index (χ1n) is 4.55. The van der Waals surface area contributed by atoms with E-state index in [1.807, 2.05) is 0 Å². The summed E-state index contributed by atoms with van der Waals surface area (Å²) >= 11 is 0. The Hall–Kier alpha value is -1.43. The van der Waals surface area contributed by atoms with E-state index in [-0.39, 0.29) is 4.90 Å². The first-order valence-corrected chi connectivity index (χ1v) is 6.10. The number of benzene rings is 1. The van der Waals surface area contributed by atoms with Crippen molar-refractivity contribution in [1.29, 1.82) is 0 Å². The van der Waals surface area contributed by atoms with Gasteiger partial charge >= 0.3 is 5.97 Å². The molecule has 0 saturated carbocycles. The molecule has 0 heterocycles. The van der Waals surface area contributed by atoms with Crippen LogP contribution in [-0.4, -0.2) is 24.7 Å². The molecule has 0 aromatic heterocycles. The van der Waals surface area contributed by atoms with Gasteiger partial charge < -0.3 is 5.11 Å². The molecule has 0 aliphatic heterocycles. The molecule has 0 radical (unpaired) electrons. The van der Waals surface area contributed by atoms with Crippen LogP contribution in [0.25, 0.3) is 0 Å². The zero-order chi connectivity index (χ0) is 12.3. The van der Waals surface area contributed by atoms with E-state index in [1.165, 1.54) is 19.1 Å². The van der Waals surface area contributed by atoms with Gasteiger partial charge in [-0.3, -0.25) is 4.79 Å². The van der Waals surface area contributed by atoms with Crippen LogP contribution in [0.15, 0.2) is 29.2 Å². The standard InChI is InChI=1S/C10H11FO4S/c1-7(5-10(12)13)16(14,15)9-4-2-3-8(11)6-9/h2-4,6-7H,5H2,1H3,(H,12,13). The van der Waals surface area contributed by atoms with E-state index in [4.69, 9.17) is 5.11 Å². The highest BCUT2D eigenvalue weighted by Gasteiger charge is 2.25. The van der Waals surface area contributed by atoms with Gasteiger partial charge in [0.05, 0.1) is 16.6 Å². The van der Waals surface area contributed by atoms with E-state index >= 15 is 0 Å². The van der Waals surface area contributed by atoms with Crippen LogP contribution in [0, 0.1) is 5.82 Å². The predicted molar refractivity (Wildman–Crippen MR) is 55.3 cm³/mol. The molecular weight excluding hydrogens is 235 g/mol. The molecule has 0 fully saturated rings. The Morgan fingerprint density at radius 3 is 2.62 bits per heavy atom. The lowest BCUT2D eigenvalue weighted by atomic mass is 10.3. The third-order valence-corrected chi connectivity index (χ3v) is 4.25. The molecule has 0 spiro atoms. The van der Waals surface area contributed by atoms with Crippen molar-refractivity contribution in [2.75, 3.05) is 0 Å². The summed E-state index contributed by atoms with van der Waals surface area (Å²) < 4.78 is 36.4. The predicted octanol–water partition coefficient (Wildman–Crippen LogP) is 1.46. The normalized spacial score (nSPS) is 13.4. The molecule has 1 aromatic carbocycles. The van der Waals surface area contributed by atoms with Crippen molar-refractivity contribution in [3.63, 3.8) is 0 Å². The van der Waals surface area contributed by atoms with Crippen molar-refractivity contribution in [2.45, 2.75) is 23.5 Å². The second-order valence-corrected chi connectivity index (χ2v) is 5.78. The molecule has 1 N–H and O–H groups in total. The van der Waals surface area contributed by atoms with E-state index in [0.29, 0.717) is 0 Å². The third-order valence-electron chi connectivity index (χ3n) is 2.12. The second kappa shape index (κ2) is 4.61. The second-order valence-electron chi connectivity index (χ2n) is 3.41. The summed E-state index contributed by atoms with van der Waals surface area (Å²) in [6, 6.07) is 4.53. The number of carboxylic acid groups (broad SMARTS) is 1. The van der Waals surface area contributed by atoms with Crippen molar-refractivity contribution >= 4 is 15.8 Å². The Kier molecular flexibility index (Phi) is 3.64. The highest BCUT2D eigenvalue weighted by molar-refractivity contribution is 7.92. The van der Waals surface area contributed by atoms with E-state index in [2.05, 4.69) is 0 Å². The lowest BCUT2D eigenvalue weighted by Crippen LogP contribution is -2.21. The maximum atomic E-state index is 12.8. The van der Waals surface area contributed by atoms with Crippen LogP contribution in [0.5, 0.6) is 0 Å². The molecule has 0 amide bonds. The SMILES string of the molecule is CC(CC(=O)O)S(=O)(=O)c1cccc(F)c1. The number of hydrogen-bond acceptors (Lipinski definition) is 3. The van der Waals surface area contributed by atoms with Crippen LogP contribution in [0.2, 0.25) is 0 Å². The molecule has 0 saturated heterocycles. The summed E-state index contributed by atoms with van der Waals surface area (Å²) in [7, 11) is -3.78. The minimum Gasteiger partial charge on any atom is -0.481 e. The summed E-state index contributed by atoms with van der Waals surface area (Å²) in [5, 5.41) is 7.43. The van der Waals surface area contributed by atoms with Gasteiger partial charge in [-0.2, -0.15) is 0 Å². The average molecular weight is 246 g/mol. The Balaban J connectivity index is 3.07. The number of sulfone groups is 1. The molecule has 16 heavy (non-hydrogen) atoms. The maximum absolute atomic E-state index is 12.8. The molecule has 1 unspecified atom stereocenters. The number of carbonyl (C=O) groups is 1. The van der Waals surface area contributed by atoms with Crippen molar-refractivity contribution in [2.24, 2.45) is 0 Å². The summed E-state index contributed by atoms with van der Waals surface area (Å²) in [6.45, 7) is 1.29. The molecule has 1 rings (SSSR count). The van der Waals surface area contributed by atoms with Gasteiger partial charge in [0.2, 0.25) is 0 Å². The summed E-state index contributed by atoms with van der Waals surface area (Å²) in [5.41, 5.74) is 0. The smallest absolute Gasteiger partial charge is 0.304 e. The molecule has 1 aromatic rings. The molecule has 1 atom stereocenters. The minimum atomic E-state index is -3.78. The Bertz CT molecular complexity index is 495. The van der Waals surface area contributed by atoms with Gasteiger partial charge in [0, 0.05) is 0 Å². The lowest BCUT2D eigenvalue weighted by Gasteiger charge is -2.10. The Morgan fingerprint density at radius 2 is 2.12 bits per heavy atom. The largest absolute Gasteiger partial charge is 0.481 e. The fraction of sp³-hybridized carbons (Fsp3) is 0.300. The van der Waals surface area contributed by atoms with Crippen LogP contribution in [0.1, 0.15) is 13.3 Å². The van der Waals surface area contributed by atoms with E-state index in [0.717, 1.165) is 12.1 Å². The van der Waals surface area contributed by atoms with Crippen LogP contribution >= 0.6 is 0 Å². The van der Waals surface area contributed by atoms with Gasteiger partial charge in [-0.15, -0.1) is 0 Å². The van der Waals surface area contributed by atoms with E-state index in [9.17, 15) is 17.6 Å². The van der Waals surface area contributed by atoms with Crippen LogP contribution in [0.3, 0.4) is 0 Å². The number of rotatable bonds is 4. The average Bonchev–Trinajstić information content (AvgIpc) is 2.16. The first-order chi connectivity index (χ1) is 7.34. The van der Waals surface area contributed by atoms with Crippen molar-refractivity contribution in [3.05, 3.63) is 30.1 Å². The molecule has 0 bridgehead atoms. The number of halogens is 1. The zero-order valence-electron chi connectivity index (χ0n) is 8.55. The monoisotopic (exact) mass is 246 g/mol. The Morgan fingerprint density at radius 1 is 1.50 bits per heavy atom. The van der Waals surface area contributed by atoms with E-state index < -0.39 is 33.3 Å². The van der Waals surface area contributed by atoms with Crippen molar-refractivity contribution in [1.82, 2.24) is 0 Å². The highest BCUT2D eigenvalue weighted by Crippen LogP contribution is 2.18. The van der Waals surface area contributed by atoms with Crippen molar-refractivity contribution < 1.29 is 22.7 Å². The Labute approximate surface area is 92.6 Å². The van der Waals surface area contributed by atoms with Gasteiger partial charge in [-0.25, -0.2) is 12.8 Å². The number of carboxylic acids is 1. The fourth-order valence-electron chi connectivity index (χ4n) is 1.23. The van der Waals surface area contributed by atoms with E-state index in [1.54, 1.807) is 0 Å². The molecule has 0 aliphatic carbocycles. The van der Waals surface area contributed by atoms with Crippen molar-refractivity contribution in [3.8, 4) is 0 Å². The number of aliphatic carboxylic acids is 1. The molecular formula is C10H11FO4S. The molecule has 0 aliphatic rings. The minimum absolute atomic E-state index is 0.193. The zero-order valence-corrected chi connectivity index (χ0v) is 9.37. The first kappa shape index (κ1) is 12.6. The lowest BCUT2D eigenvalue weighted by molar-refractivity contribution is -0.136. The number of hydrogen-bond donors (Lipinski definition) is 1. The third kappa shape index (κ3) is 2.79. The molecule has 4 nitrogen and oxygen atoms in total. The van der Waals surface area contributed by atoms with Gasteiger partial charge in [0.15, 0.2) is 9.84 Å². The summed E-state index contributed by atoms with van der Waals surface area (Å²) in [4.78, 5) is 10.2. The van der Waals surface area contributed by atoms with Gasteiger partial charge in [-0.05, 0) is 25.1 Å². The highest BCUT2D eigenvalue weighted by atomic mass is 32.2. The summed E-state index contributed by atoms with van der Waals surface area (Å²) in [5.74, 6) is -1.86. The van der Waals surface area contributed by atoms with Gasteiger partial charge in [-0.1, -0.05) is 6.07 Å². The topological polar surface area (TPSA) is 71.4 Å². The van der Waals surface area contributed by atoms with Crippen LogP contribution in [0.4, 0.5) is 4.39 Å². The summed E-state index contributed by atoms with van der Waals surface area (Å²) in [6.07, 6.45) is -0.501. The maximum Gasteiger partial charge on any atom is 0.304 e. The van der Waals surface area contributed by atoms with Gasteiger partial charge in [0.25, 0.3) is 0 Å². The van der Waals surface area contributed by atoms with Gasteiger partial charge in [0.1, 0.15) is 5.82 Å². The quantitative estimate of drug-likeness (QED) is 0.873. The van der Waals surface area contributed by atoms with Crippen LogP contribution < -0.4 is 0 Å². The molecule has 6 heteroatoms.